The molecule has 2 fully saturated rings. The molecule has 7 N–H and O–H groups in total. The molecule has 0 aliphatic carbocycles. The van der Waals surface area contributed by atoms with Crippen molar-refractivity contribution in [2.24, 2.45) is 0 Å². The summed E-state index contributed by atoms with van der Waals surface area (Å²) in [6.07, 6.45) is 45.7. The number of unbranched alkanes of at least 4 members (excludes halogenated alkanes) is 8. The average Bonchev–Trinajstić information content (AvgIpc) is 3.39. The predicted octanol–water partition coefficient (Wildman–Crippen LogP) is 8.96. The minimum atomic E-state index is -1.73. The Morgan fingerprint density at radius 1 is 0.452 bits per heavy atom. The lowest BCUT2D eigenvalue weighted by Crippen LogP contribution is -2.61. The van der Waals surface area contributed by atoms with Gasteiger partial charge < -0.3 is 64.2 Å². The van der Waals surface area contributed by atoms with Gasteiger partial charge in [-0.15, -0.1) is 0 Å². The van der Waals surface area contributed by atoms with Crippen molar-refractivity contribution in [2.45, 2.75) is 210 Å². The van der Waals surface area contributed by atoms with Crippen molar-refractivity contribution in [3.8, 4) is 0 Å². The van der Waals surface area contributed by atoms with E-state index in [0.29, 0.717) is 13.0 Å². The van der Waals surface area contributed by atoms with Crippen LogP contribution < -0.4 is 0 Å². The van der Waals surface area contributed by atoms with Crippen LogP contribution in [0.5, 0.6) is 0 Å². The molecule has 0 spiro atoms. The van der Waals surface area contributed by atoms with Gasteiger partial charge in [0.2, 0.25) is 0 Å². The van der Waals surface area contributed by atoms with Gasteiger partial charge in [0, 0.05) is 6.61 Å². The normalized spacial score (nSPS) is 25.9. The van der Waals surface area contributed by atoms with Crippen LogP contribution in [-0.2, 0) is 33.2 Å². The third kappa shape index (κ3) is 31.8. The Hall–Kier alpha value is -3.61. The number of esters is 1. The first-order valence-electron chi connectivity index (χ1n) is 27.1. The third-order valence-electron chi connectivity index (χ3n) is 12.0. The molecule has 0 aromatic carbocycles. The van der Waals surface area contributed by atoms with Gasteiger partial charge in [-0.3, -0.25) is 4.79 Å². The number of allylic oxidation sites excluding steroid dienone is 19. The Morgan fingerprint density at radius 2 is 0.849 bits per heavy atom. The minimum Gasteiger partial charge on any atom is -0.457 e. The minimum absolute atomic E-state index is 0.00688. The van der Waals surface area contributed by atoms with Crippen LogP contribution in [0.2, 0.25) is 0 Å². The summed E-state index contributed by atoms with van der Waals surface area (Å²) >= 11 is 0. The highest BCUT2D eigenvalue weighted by atomic mass is 16.7. The van der Waals surface area contributed by atoms with Crippen LogP contribution >= 0.6 is 0 Å². The van der Waals surface area contributed by atoms with E-state index in [4.69, 9.17) is 28.4 Å². The van der Waals surface area contributed by atoms with Crippen LogP contribution in [0.25, 0.3) is 0 Å². The monoisotopic (exact) mass is 1030 g/mol. The van der Waals surface area contributed by atoms with Gasteiger partial charge in [-0.2, -0.15) is 0 Å². The number of hydrogen-bond acceptors (Lipinski definition) is 14. The maximum absolute atomic E-state index is 13.0. The number of carbonyl (C=O) groups is 1. The van der Waals surface area contributed by atoms with Gasteiger partial charge >= 0.3 is 5.97 Å². The summed E-state index contributed by atoms with van der Waals surface area (Å²) in [4.78, 5) is 13.0. The lowest BCUT2D eigenvalue weighted by Gasteiger charge is -2.42. The van der Waals surface area contributed by atoms with Crippen LogP contribution in [-0.4, -0.2) is 142 Å². The fourth-order valence-electron chi connectivity index (χ4n) is 7.68. The number of hydrogen-bond donors (Lipinski definition) is 7. The molecule has 73 heavy (non-hydrogen) atoms. The molecule has 2 aliphatic rings. The van der Waals surface area contributed by atoms with Crippen molar-refractivity contribution >= 4 is 5.97 Å². The maximum atomic E-state index is 13.0. The molecule has 11 unspecified atom stereocenters. The smallest absolute Gasteiger partial charge is 0.310 e. The summed E-state index contributed by atoms with van der Waals surface area (Å²) in [5, 5.41) is 72.2. The molecule has 2 aliphatic heterocycles. The lowest BCUT2D eigenvalue weighted by atomic mass is 9.98. The Kier molecular flexibility index (Phi) is 40.1. The first kappa shape index (κ1) is 65.5. The van der Waals surface area contributed by atoms with E-state index in [-0.39, 0.29) is 19.6 Å². The van der Waals surface area contributed by atoms with Crippen LogP contribution in [0.15, 0.2) is 122 Å². The Labute approximate surface area is 437 Å². The third-order valence-corrected chi connectivity index (χ3v) is 12.0. The number of ether oxygens (including phenoxy) is 6. The van der Waals surface area contributed by atoms with Crippen LogP contribution in [0.3, 0.4) is 0 Å². The van der Waals surface area contributed by atoms with Gasteiger partial charge in [-0.25, -0.2) is 0 Å². The van der Waals surface area contributed by atoms with Gasteiger partial charge in [0.15, 0.2) is 12.6 Å². The van der Waals surface area contributed by atoms with E-state index in [1.54, 1.807) is 6.08 Å². The summed E-state index contributed by atoms with van der Waals surface area (Å²) in [6.45, 7) is 3.27. The van der Waals surface area contributed by atoms with Crippen molar-refractivity contribution < 1.29 is 69.0 Å². The molecule has 14 heteroatoms. The van der Waals surface area contributed by atoms with E-state index in [1.807, 2.05) is 12.2 Å². The van der Waals surface area contributed by atoms with Crippen LogP contribution in [0.1, 0.15) is 142 Å². The first-order chi connectivity index (χ1) is 35.6. The number of aliphatic hydroxyl groups excluding tert-OH is 7. The van der Waals surface area contributed by atoms with Gasteiger partial charge in [0.1, 0.15) is 54.9 Å². The number of carbonyl (C=O) groups excluding carboxylic acids is 1. The maximum Gasteiger partial charge on any atom is 0.310 e. The van der Waals surface area contributed by atoms with Crippen molar-refractivity contribution in [3.63, 3.8) is 0 Å². The zero-order valence-corrected chi connectivity index (χ0v) is 44.1. The molecule has 0 saturated carbocycles. The zero-order chi connectivity index (χ0) is 53.0. The van der Waals surface area contributed by atoms with Crippen molar-refractivity contribution in [2.75, 3.05) is 33.0 Å². The second-order valence-corrected chi connectivity index (χ2v) is 18.3. The Balaban J connectivity index is 1.76. The van der Waals surface area contributed by atoms with Gasteiger partial charge in [0.05, 0.1) is 32.8 Å². The molecular weight excluding hydrogens is 933 g/mol. The summed E-state index contributed by atoms with van der Waals surface area (Å²) in [5.41, 5.74) is 0. The molecule has 11 atom stereocenters. The number of rotatable bonds is 41. The second-order valence-electron chi connectivity index (χ2n) is 18.3. The van der Waals surface area contributed by atoms with Crippen molar-refractivity contribution in [1.29, 1.82) is 0 Å². The predicted molar refractivity (Wildman–Crippen MR) is 288 cm³/mol. The quantitative estimate of drug-likeness (QED) is 0.0173. The van der Waals surface area contributed by atoms with E-state index >= 15 is 0 Å². The van der Waals surface area contributed by atoms with Crippen molar-refractivity contribution in [1.82, 2.24) is 0 Å². The van der Waals surface area contributed by atoms with Gasteiger partial charge in [-0.05, 0) is 83.5 Å². The van der Waals surface area contributed by atoms with E-state index in [9.17, 15) is 40.5 Å². The van der Waals surface area contributed by atoms with Crippen LogP contribution in [0.4, 0.5) is 0 Å². The molecule has 2 saturated heterocycles. The summed E-state index contributed by atoms with van der Waals surface area (Å²) < 4.78 is 34.2. The van der Waals surface area contributed by atoms with Gasteiger partial charge in [0.25, 0.3) is 0 Å². The van der Waals surface area contributed by atoms with Crippen molar-refractivity contribution in [3.05, 3.63) is 122 Å². The van der Waals surface area contributed by atoms with E-state index < -0.39 is 86.7 Å². The summed E-state index contributed by atoms with van der Waals surface area (Å²) in [5.74, 6) is -0.511. The molecule has 14 nitrogen and oxygen atoms in total. The van der Waals surface area contributed by atoms with E-state index in [1.165, 1.54) is 25.7 Å². The highest BCUT2D eigenvalue weighted by molar-refractivity contribution is 5.71. The summed E-state index contributed by atoms with van der Waals surface area (Å²) in [6, 6.07) is 0. The topological polar surface area (TPSA) is 214 Å². The molecule has 0 radical (unpaired) electrons. The highest BCUT2D eigenvalue weighted by Gasteiger charge is 2.47. The molecule has 0 aromatic heterocycles. The molecular formula is C59H94O14. The summed E-state index contributed by atoms with van der Waals surface area (Å²) in [7, 11) is 0. The number of aliphatic hydroxyl groups is 7. The largest absolute Gasteiger partial charge is 0.457 e. The molecule has 414 valence electrons. The zero-order valence-electron chi connectivity index (χ0n) is 44.1. The second kappa shape index (κ2) is 44.7. The fourth-order valence-corrected chi connectivity index (χ4v) is 7.68. The average molecular weight is 1030 g/mol. The SMILES string of the molecule is CC/C=C\C/C=C\C/C=C\C/C=C\C/C=C\CCCCCCCCCCOCC(COC1OC(COC2OC(CO)C(O)C(O)C2O)C(O)C(O)C1O)OC(=O)C/C=C\C/C=C\C/C=C\C/C=C\C/C=C\CC. The Bertz CT molecular complexity index is 1660. The Morgan fingerprint density at radius 3 is 1.33 bits per heavy atom. The standard InChI is InChI=1S/C59H94O14/c1-3-5-7-9-11-13-15-17-19-20-21-22-23-24-25-26-27-29-31-33-35-37-39-41-43-68-45-48(71-51(61)42-40-38-36-34-32-30-28-18-16-14-12-10-8-6-4-2)46-69-58-57(67)55(65)53(63)50(73-58)47-70-59-56(66)54(64)52(62)49(44-60)72-59/h5-8,11-14,17-19,21-22,24-25,28,32,34,38,40,48-50,52-60,62-67H,3-4,9-10,15-16,20,23,26-27,29-31,33,35-37,39,41-47H2,1-2H3/b7-5-,8-6-,13-11-,14-12-,19-17-,22-21-,25-24-,28-18-,34-32-,40-38-. The lowest BCUT2D eigenvalue weighted by molar-refractivity contribution is -0.332. The van der Waals surface area contributed by atoms with E-state index in [2.05, 4.69) is 117 Å². The molecule has 0 amide bonds. The van der Waals surface area contributed by atoms with E-state index in [0.717, 1.165) is 89.9 Å². The molecule has 2 rings (SSSR count). The molecule has 0 bridgehead atoms. The highest BCUT2D eigenvalue weighted by Crippen LogP contribution is 2.26. The van der Waals surface area contributed by atoms with Gasteiger partial charge in [-0.1, -0.05) is 174 Å². The first-order valence-corrected chi connectivity index (χ1v) is 27.1. The molecule has 0 aromatic rings. The van der Waals surface area contributed by atoms with Crippen LogP contribution in [0, 0.1) is 0 Å². The fraction of sp³-hybridized carbons (Fsp3) is 0.644. The molecule has 2 heterocycles.